The van der Waals surface area contributed by atoms with Crippen LogP contribution >= 0.6 is 0 Å². The molecule has 2 heterocycles. The zero-order valence-corrected chi connectivity index (χ0v) is 15.3. The highest BCUT2D eigenvalue weighted by Crippen LogP contribution is 2.30. The van der Waals surface area contributed by atoms with Crippen LogP contribution in [0.5, 0.6) is 0 Å². The quantitative estimate of drug-likeness (QED) is 0.579. The smallest absolute Gasteiger partial charge is 0.249 e. The number of aromatic nitrogens is 3. The van der Waals surface area contributed by atoms with Gasteiger partial charge in [0.15, 0.2) is 0 Å². The molecule has 0 aliphatic carbocycles. The summed E-state index contributed by atoms with van der Waals surface area (Å²) < 4.78 is 7.63. The van der Waals surface area contributed by atoms with E-state index in [9.17, 15) is 4.79 Å². The predicted octanol–water partition coefficient (Wildman–Crippen LogP) is 4.20. The van der Waals surface area contributed by atoms with E-state index in [0.29, 0.717) is 18.2 Å². The number of para-hydroxylation sites is 2. The van der Waals surface area contributed by atoms with Gasteiger partial charge in [0.1, 0.15) is 6.54 Å². The SMILES string of the molecule is CCc1nnc(-c2cn(CC(=O)Nc3ccccc3C)c3ccccc23)o1. The van der Waals surface area contributed by atoms with E-state index in [0.717, 1.165) is 27.7 Å². The van der Waals surface area contributed by atoms with Crippen LogP contribution < -0.4 is 5.32 Å². The van der Waals surface area contributed by atoms with Crippen molar-refractivity contribution in [3.63, 3.8) is 0 Å². The molecule has 0 bridgehead atoms. The summed E-state index contributed by atoms with van der Waals surface area (Å²) in [6, 6.07) is 15.6. The Hall–Kier alpha value is -3.41. The van der Waals surface area contributed by atoms with Crippen molar-refractivity contribution in [1.82, 2.24) is 14.8 Å². The summed E-state index contributed by atoms with van der Waals surface area (Å²) >= 11 is 0. The van der Waals surface area contributed by atoms with Gasteiger partial charge in [-0.3, -0.25) is 4.79 Å². The van der Waals surface area contributed by atoms with Gasteiger partial charge in [0.05, 0.1) is 5.56 Å². The number of aryl methyl sites for hydroxylation is 2. The molecule has 6 nitrogen and oxygen atoms in total. The van der Waals surface area contributed by atoms with E-state index in [1.165, 1.54) is 0 Å². The number of hydrogen-bond donors (Lipinski definition) is 1. The maximum absolute atomic E-state index is 12.6. The summed E-state index contributed by atoms with van der Waals surface area (Å²) in [4.78, 5) is 12.6. The van der Waals surface area contributed by atoms with Gasteiger partial charge in [-0.25, -0.2) is 0 Å². The third-order valence-electron chi connectivity index (χ3n) is 4.52. The molecule has 0 aliphatic heterocycles. The van der Waals surface area contributed by atoms with Gasteiger partial charge < -0.3 is 14.3 Å². The fraction of sp³-hybridized carbons (Fsp3) is 0.190. The first-order chi connectivity index (χ1) is 13.2. The zero-order chi connectivity index (χ0) is 18.8. The molecular formula is C21H20N4O2. The number of nitrogens with one attached hydrogen (secondary N) is 1. The van der Waals surface area contributed by atoms with Crippen LogP contribution in [0.2, 0.25) is 0 Å². The van der Waals surface area contributed by atoms with E-state index >= 15 is 0 Å². The van der Waals surface area contributed by atoms with Crippen molar-refractivity contribution in [3.8, 4) is 11.5 Å². The number of amides is 1. The first kappa shape index (κ1) is 17.0. The van der Waals surface area contributed by atoms with E-state index in [2.05, 4.69) is 15.5 Å². The van der Waals surface area contributed by atoms with E-state index in [-0.39, 0.29) is 12.5 Å². The molecule has 6 heteroatoms. The largest absolute Gasteiger partial charge is 0.421 e. The molecular weight excluding hydrogens is 340 g/mol. The first-order valence-electron chi connectivity index (χ1n) is 8.92. The molecule has 0 unspecified atom stereocenters. The molecule has 0 saturated carbocycles. The first-order valence-corrected chi connectivity index (χ1v) is 8.92. The summed E-state index contributed by atoms with van der Waals surface area (Å²) in [5.74, 6) is 0.983. The summed E-state index contributed by atoms with van der Waals surface area (Å²) in [5.41, 5.74) is 3.63. The molecule has 2 aromatic heterocycles. The monoisotopic (exact) mass is 360 g/mol. The molecule has 136 valence electrons. The van der Waals surface area contributed by atoms with Gasteiger partial charge in [0, 0.05) is 29.2 Å². The third-order valence-corrected chi connectivity index (χ3v) is 4.52. The second-order valence-electron chi connectivity index (χ2n) is 6.41. The average molecular weight is 360 g/mol. The molecule has 2 aromatic carbocycles. The normalized spacial score (nSPS) is 11.0. The number of rotatable bonds is 5. The van der Waals surface area contributed by atoms with Crippen molar-refractivity contribution < 1.29 is 9.21 Å². The van der Waals surface area contributed by atoms with Crippen LogP contribution in [0.4, 0.5) is 5.69 Å². The number of fused-ring (bicyclic) bond motifs is 1. The minimum absolute atomic E-state index is 0.0867. The number of carbonyl (C=O) groups excluding carboxylic acids is 1. The highest BCUT2D eigenvalue weighted by molar-refractivity contribution is 5.96. The van der Waals surface area contributed by atoms with Crippen LogP contribution in [-0.4, -0.2) is 20.7 Å². The Kier molecular flexibility index (Phi) is 4.46. The molecule has 0 aliphatic rings. The molecule has 0 fully saturated rings. The number of anilines is 1. The summed E-state index contributed by atoms with van der Waals surface area (Å²) in [5, 5.41) is 12.2. The van der Waals surface area contributed by atoms with Crippen LogP contribution in [0.25, 0.3) is 22.4 Å². The fourth-order valence-corrected chi connectivity index (χ4v) is 3.11. The molecule has 0 radical (unpaired) electrons. The topological polar surface area (TPSA) is 73.0 Å². The van der Waals surface area contributed by atoms with Gasteiger partial charge in [0.25, 0.3) is 0 Å². The second kappa shape index (κ2) is 7.07. The Morgan fingerprint density at radius 3 is 2.67 bits per heavy atom. The average Bonchev–Trinajstić information content (AvgIpc) is 3.29. The summed E-state index contributed by atoms with van der Waals surface area (Å²) in [6.07, 6.45) is 2.58. The second-order valence-corrected chi connectivity index (χ2v) is 6.41. The molecule has 0 spiro atoms. The lowest BCUT2D eigenvalue weighted by Gasteiger charge is -2.09. The highest BCUT2D eigenvalue weighted by atomic mass is 16.4. The lowest BCUT2D eigenvalue weighted by molar-refractivity contribution is -0.116. The van der Waals surface area contributed by atoms with Gasteiger partial charge in [0.2, 0.25) is 17.7 Å². The Bertz CT molecular complexity index is 1110. The van der Waals surface area contributed by atoms with Gasteiger partial charge in [-0.15, -0.1) is 10.2 Å². The van der Waals surface area contributed by atoms with Crippen molar-refractivity contribution >= 4 is 22.5 Å². The minimum atomic E-state index is -0.0867. The van der Waals surface area contributed by atoms with Crippen molar-refractivity contribution in [1.29, 1.82) is 0 Å². The van der Waals surface area contributed by atoms with Crippen molar-refractivity contribution in [3.05, 3.63) is 66.2 Å². The number of benzene rings is 2. The highest BCUT2D eigenvalue weighted by Gasteiger charge is 2.17. The van der Waals surface area contributed by atoms with E-state index in [1.54, 1.807) is 0 Å². The standard InChI is InChI=1S/C21H20N4O2/c1-3-20-23-24-21(27-20)16-12-25(18-11-7-5-9-15(16)18)13-19(26)22-17-10-6-4-8-14(17)2/h4-12H,3,13H2,1-2H3,(H,22,26). The van der Waals surface area contributed by atoms with E-state index in [4.69, 9.17) is 4.42 Å². The van der Waals surface area contributed by atoms with Crippen molar-refractivity contribution in [2.75, 3.05) is 5.32 Å². The van der Waals surface area contributed by atoms with Crippen LogP contribution in [0.3, 0.4) is 0 Å². The number of hydrogen-bond acceptors (Lipinski definition) is 4. The molecule has 4 rings (SSSR count). The van der Waals surface area contributed by atoms with Crippen LogP contribution in [0.1, 0.15) is 18.4 Å². The van der Waals surface area contributed by atoms with Crippen LogP contribution in [0, 0.1) is 6.92 Å². The predicted molar refractivity (Wildman–Crippen MR) is 104 cm³/mol. The molecule has 4 aromatic rings. The van der Waals surface area contributed by atoms with Gasteiger partial charge in [-0.1, -0.05) is 43.3 Å². The maximum Gasteiger partial charge on any atom is 0.249 e. The van der Waals surface area contributed by atoms with Crippen molar-refractivity contribution in [2.45, 2.75) is 26.8 Å². The zero-order valence-electron chi connectivity index (χ0n) is 15.3. The lowest BCUT2D eigenvalue weighted by atomic mass is 10.2. The number of carbonyl (C=O) groups is 1. The third kappa shape index (κ3) is 3.33. The van der Waals surface area contributed by atoms with Gasteiger partial charge in [-0.2, -0.15) is 0 Å². The Balaban J connectivity index is 1.66. The molecule has 1 N–H and O–H groups in total. The Morgan fingerprint density at radius 1 is 1.11 bits per heavy atom. The van der Waals surface area contributed by atoms with Gasteiger partial charge >= 0.3 is 0 Å². The Labute approximate surface area is 156 Å². The lowest BCUT2D eigenvalue weighted by Crippen LogP contribution is -2.18. The van der Waals surface area contributed by atoms with Gasteiger partial charge in [-0.05, 0) is 24.6 Å². The minimum Gasteiger partial charge on any atom is -0.421 e. The number of nitrogens with zero attached hydrogens (tertiary/aromatic N) is 3. The molecule has 0 saturated heterocycles. The summed E-state index contributed by atoms with van der Waals surface area (Å²) in [6.45, 7) is 4.14. The van der Waals surface area contributed by atoms with E-state index < -0.39 is 0 Å². The molecule has 0 atom stereocenters. The van der Waals surface area contributed by atoms with Crippen LogP contribution in [0.15, 0.2) is 59.1 Å². The Morgan fingerprint density at radius 2 is 1.89 bits per heavy atom. The summed E-state index contributed by atoms with van der Waals surface area (Å²) in [7, 11) is 0. The fourth-order valence-electron chi connectivity index (χ4n) is 3.11. The molecule has 27 heavy (non-hydrogen) atoms. The van der Waals surface area contributed by atoms with Crippen molar-refractivity contribution in [2.24, 2.45) is 0 Å². The van der Waals surface area contributed by atoms with E-state index in [1.807, 2.05) is 73.1 Å². The molecule has 1 amide bonds. The maximum atomic E-state index is 12.6. The van der Waals surface area contributed by atoms with Crippen LogP contribution in [-0.2, 0) is 17.8 Å².